The molecular weight excluding hydrogens is 260 g/mol. The van der Waals surface area contributed by atoms with Crippen molar-refractivity contribution in [2.75, 3.05) is 0 Å². The molecule has 0 saturated heterocycles. The Hall–Kier alpha value is -1.87. The predicted molar refractivity (Wildman–Crippen MR) is 77.0 cm³/mol. The van der Waals surface area contributed by atoms with Crippen molar-refractivity contribution in [1.29, 1.82) is 0 Å². The largest absolute Gasteiger partial charge is 0.350 e. The Morgan fingerprint density at radius 1 is 1.32 bits per heavy atom. The average molecular weight is 273 g/mol. The molecule has 2 aromatic rings. The van der Waals surface area contributed by atoms with Gasteiger partial charge in [0, 0.05) is 22.5 Å². The molecule has 0 atom stereocenters. The lowest BCUT2D eigenvalue weighted by Gasteiger charge is -2.00. The van der Waals surface area contributed by atoms with Crippen LogP contribution in [-0.2, 0) is 4.79 Å². The van der Waals surface area contributed by atoms with E-state index in [1.165, 1.54) is 6.08 Å². The summed E-state index contributed by atoms with van der Waals surface area (Å²) in [6, 6.07) is 9.81. The zero-order valence-corrected chi connectivity index (χ0v) is 11.0. The standard InChI is InChI=1S/C15H13ClN2O/c16-11-3-1-10-2-4-12(17-14(10)9-11)7-8-15(19)18-13-5-6-13/h1-4,7-9,13H,5-6H2,(H,18,19)/b8-7+. The van der Waals surface area contributed by atoms with Gasteiger partial charge >= 0.3 is 0 Å². The van der Waals surface area contributed by atoms with Crippen molar-refractivity contribution < 1.29 is 4.79 Å². The minimum Gasteiger partial charge on any atom is -0.350 e. The molecule has 1 saturated carbocycles. The molecule has 4 heteroatoms. The van der Waals surface area contributed by atoms with Crippen molar-refractivity contribution in [3.05, 3.63) is 47.1 Å². The number of carbonyl (C=O) groups excluding carboxylic acids is 1. The first kappa shape index (κ1) is 12.2. The maximum absolute atomic E-state index is 11.5. The lowest BCUT2D eigenvalue weighted by molar-refractivity contribution is -0.116. The first-order valence-electron chi connectivity index (χ1n) is 6.25. The molecule has 1 aromatic carbocycles. The monoisotopic (exact) mass is 272 g/mol. The van der Waals surface area contributed by atoms with Gasteiger partial charge in [-0.2, -0.15) is 0 Å². The van der Waals surface area contributed by atoms with E-state index in [1.54, 1.807) is 6.08 Å². The molecule has 1 heterocycles. The van der Waals surface area contributed by atoms with E-state index in [-0.39, 0.29) is 5.91 Å². The number of nitrogens with zero attached hydrogens (tertiary/aromatic N) is 1. The predicted octanol–water partition coefficient (Wildman–Crippen LogP) is 3.18. The fourth-order valence-electron chi connectivity index (χ4n) is 1.84. The highest BCUT2D eigenvalue weighted by molar-refractivity contribution is 6.31. The van der Waals surface area contributed by atoms with Crippen LogP contribution in [0.1, 0.15) is 18.5 Å². The molecule has 1 aliphatic carbocycles. The highest BCUT2D eigenvalue weighted by atomic mass is 35.5. The van der Waals surface area contributed by atoms with Gasteiger partial charge in [-0.05, 0) is 37.1 Å². The Morgan fingerprint density at radius 2 is 2.11 bits per heavy atom. The van der Waals surface area contributed by atoms with Crippen molar-refractivity contribution in [3.8, 4) is 0 Å². The third kappa shape index (κ3) is 3.12. The van der Waals surface area contributed by atoms with Crippen LogP contribution in [0, 0.1) is 0 Å². The number of carbonyl (C=O) groups is 1. The summed E-state index contributed by atoms with van der Waals surface area (Å²) in [6.45, 7) is 0. The van der Waals surface area contributed by atoms with Gasteiger partial charge in [0.25, 0.3) is 0 Å². The van der Waals surface area contributed by atoms with Crippen molar-refractivity contribution in [1.82, 2.24) is 10.3 Å². The van der Waals surface area contributed by atoms with Crippen LogP contribution in [0.5, 0.6) is 0 Å². The summed E-state index contributed by atoms with van der Waals surface area (Å²) in [5, 5.41) is 4.59. The Labute approximate surface area is 116 Å². The van der Waals surface area contributed by atoms with Crippen LogP contribution < -0.4 is 5.32 Å². The summed E-state index contributed by atoms with van der Waals surface area (Å²) in [4.78, 5) is 16.0. The van der Waals surface area contributed by atoms with Crippen LogP contribution in [0.4, 0.5) is 0 Å². The quantitative estimate of drug-likeness (QED) is 0.872. The van der Waals surface area contributed by atoms with Gasteiger partial charge in [0.2, 0.25) is 5.91 Å². The summed E-state index contributed by atoms with van der Waals surface area (Å²) in [5.41, 5.74) is 1.58. The van der Waals surface area contributed by atoms with Crippen LogP contribution in [0.15, 0.2) is 36.4 Å². The van der Waals surface area contributed by atoms with Crippen LogP contribution in [0.3, 0.4) is 0 Å². The molecule has 0 aliphatic heterocycles. The maximum atomic E-state index is 11.5. The molecule has 1 aliphatic rings. The Morgan fingerprint density at radius 3 is 2.89 bits per heavy atom. The fraction of sp³-hybridized carbons (Fsp3) is 0.200. The summed E-state index contributed by atoms with van der Waals surface area (Å²) in [7, 11) is 0. The Bertz CT molecular complexity index is 662. The number of nitrogens with one attached hydrogen (secondary N) is 1. The third-order valence-electron chi connectivity index (χ3n) is 3.00. The van der Waals surface area contributed by atoms with Crippen LogP contribution in [-0.4, -0.2) is 16.9 Å². The van der Waals surface area contributed by atoms with Gasteiger partial charge in [-0.3, -0.25) is 4.79 Å². The first-order valence-corrected chi connectivity index (χ1v) is 6.63. The minimum absolute atomic E-state index is 0.0597. The zero-order valence-electron chi connectivity index (χ0n) is 10.3. The smallest absolute Gasteiger partial charge is 0.244 e. The van der Waals surface area contributed by atoms with Crippen molar-refractivity contribution in [2.24, 2.45) is 0 Å². The number of fused-ring (bicyclic) bond motifs is 1. The summed E-state index contributed by atoms with van der Waals surface area (Å²) < 4.78 is 0. The van der Waals surface area contributed by atoms with E-state index >= 15 is 0 Å². The number of hydrogen-bond donors (Lipinski definition) is 1. The number of benzene rings is 1. The highest BCUT2D eigenvalue weighted by Gasteiger charge is 2.21. The van der Waals surface area contributed by atoms with Gasteiger partial charge < -0.3 is 5.32 Å². The number of halogens is 1. The SMILES string of the molecule is O=C(/C=C/c1ccc2ccc(Cl)cc2n1)NC1CC1. The third-order valence-corrected chi connectivity index (χ3v) is 3.24. The Kier molecular flexibility index (Phi) is 3.22. The van der Waals surface area contributed by atoms with E-state index < -0.39 is 0 Å². The van der Waals surface area contributed by atoms with E-state index in [0.717, 1.165) is 29.4 Å². The highest BCUT2D eigenvalue weighted by Crippen LogP contribution is 2.19. The topological polar surface area (TPSA) is 42.0 Å². The van der Waals surface area contributed by atoms with Gasteiger partial charge in [-0.1, -0.05) is 23.7 Å². The molecule has 0 bridgehead atoms. The van der Waals surface area contributed by atoms with Crippen molar-refractivity contribution in [3.63, 3.8) is 0 Å². The number of pyridine rings is 1. The maximum Gasteiger partial charge on any atom is 0.244 e. The molecule has 0 spiro atoms. The number of amides is 1. The van der Waals surface area contributed by atoms with E-state index in [4.69, 9.17) is 11.6 Å². The fourth-order valence-corrected chi connectivity index (χ4v) is 2.00. The number of rotatable bonds is 3. The van der Waals surface area contributed by atoms with Gasteiger partial charge in [0.15, 0.2) is 0 Å². The second kappa shape index (κ2) is 5.02. The van der Waals surface area contributed by atoms with Gasteiger partial charge in [0.05, 0.1) is 11.2 Å². The molecule has 0 radical (unpaired) electrons. The minimum atomic E-state index is -0.0597. The molecule has 1 amide bonds. The average Bonchev–Trinajstić information content (AvgIpc) is 3.19. The van der Waals surface area contributed by atoms with Crippen LogP contribution in [0.2, 0.25) is 5.02 Å². The first-order chi connectivity index (χ1) is 9.20. The molecule has 1 aromatic heterocycles. The number of hydrogen-bond acceptors (Lipinski definition) is 2. The lowest BCUT2D eigenvalue weighted by Crippen LogP contribution is -2.22. The Balaban J connectivity index is 1.80. The van der Waals surface area contributed by atoms with Crippen molar-refractivity contribution >= 4 is 34.5 Å². The molecule has 1 fully saturated rings. The molecule has 3 rings (SSSR count). The second-order valence-corrected chi connectivity index (χ2v) is 5.13. The van der Waals surface area contributed by atoms with Crippen LogP contribution >= 0.6 is 11.6 Å². The van der Waals surface area contributed by atoms with Gasteiger partial charge in [-0.15, -0.1) is 0 Å². The second-order valence-electron chi connectivity index (χ2n) is 4.69. The normalized spacial score (nSPS) is 15.0. The summed E-state index contributed by atoms with van der Waals surface area (Å²) in [5.74, 6) is -0.0597. The summed E-state index contributed by atoms with van der Waals surface area (Å²) in [6.07, 6.45) is 5.42. The van der Waals surface area contributed by atoms with Crippen molar-refractivity contribution in [2.45, 2.75) is 18.9 Å². The molecule has 0 unspecified atom stereocenters. The summed E-state index contributed by atoms with van der Waals surface area (Å²) >= 11 is 5.94. The zero-order chi connectivity index (χ0) is 13.2. The van der Waals surface area contributed by atoms with E-state index in [0.29, 0.717) is 11.1 Å². The van der Waals surface area contributed by atoms with Crippen LogP contribution in [0.25, 0.3) is 17.0 Å². The van der Waals surface area contributed by atoms with Gasteiger partial charge in [-0.25, -0.2) is 4.98 Å². The molecule has 19 heavy (non-hydrogen) atoms. The van der Waals surface area contributed by atoms with E-state index in [9.17, 15) is 4.79 Å². The molecule has 3 nitrogen and oxygen atoms in total. The molecular formula is C15H13ClN2O. The lowest BCUT2D eigenvalue weighted by atomic mass is 10.2. The molecule has 96 valence electrons. The molecule has 1 N–H and O–H groups in total. The van der Waals surface area contributed by atoms with E-state index in [1.807, 2.05) is 30.3 Å². The van der Waals surface area contributed by atoms with E-state index in [2.05, 4.69) is 10.3 Å². The number of aromatic nitrogens is 1. The van der Waals surface area contributed by atoms with Gasteiger partial charge in [0.1, 0.15) is 0 Å².